The fourth-order valence-corrected chi connectivity index (χ4v) is 3.32. The molecule has 0 N–H and O–H groups in total. The molecule has 1 aliphatic heterocycles. The minimum atomic E-state index is -0.300. The van der Waals surface area contributed by atoms with Crippen LogP contribution in [0.15, 0.2) is 36.9 Å². The summed E-state index contributed by atoms with van der Waals surface area (Å²) in [6.07, 6.45) is 3.16. The third-order valence-corrected chi connectivity index (χ3v) is 4.88. The Kier molecular flexibility index (Phi) is 5.83. The van der Waals surface area contributed by atoms with Crippen LogP contribution in [-0.4, -0.2) is 55.5 Å². The molecule has 0 unspecified atom stereocenters. The van der Waals surface area contributed by atoms with Crippen LogP contribution in [0.3, 0.4) is 0 Å². The number of hydrogen-bond donors (Lipinski definition) is 0. The Morgan fingerprint density at radius 2 is 2.04 bits per heavy atom. The SMILES string of the molecule is CC(C)[C@@H]1CN(C(=O)Cn2cncn2)CCC(=O)N1Cc1ccc(F)cc1. The van der Waals surface area contributed by atoms with Gasteiger partial charge in [0.05, 0.1) is 6.04 Å². The van der Waals surface area contributed by atoms with Gasteiger partial charge in [0.2, 0.25) is 11.8 Å². The van der Waals surface area contributed by atoms with E-state index in [1.165, 1.54) is 29.5 Å². The van der Waals surface area contributed by atoms with Gasteiger partial charge in [0.15, 0.2) is 0 Å². The van der Waals surface area contributed by atoms with E-state index in [1.54, 1.807) is 17.0 Å². The van der Waals surface area contributed by atoms with Crippen molar-refractivity contribution < 1.29 is 14.0 Å². The maximum Gasteiger partial charge on any atom is 0.244 e. The maximum absolute atomic E-state index is 13.2. The monoisotopic (exact) mass is 373 g/mol. The zero-order chi connectivity index (χ0) is 19.4. The van der Waals surface area contributed by atoms with Crippen LogP contribution >= 0.6 is 0 Å². The zero-order valence-corrected chi connectivity index (χ0v) is 15.6. The molecule has 1 aromatic heterocycles. The Balaban J connectivity index is 1.75. The minimum Gasteiger partial charge on any atom is -0.338 e. The predicted molar refractivity (Wildman–Crippen MR) is 96.8 cm³/mol. The van der Waals surface area contributed by atoms with Crippen LogP contribution in [0.25, 0.3) is 0 Å². The third-order valence-electron chi connectivity index (χ3n) is 4.88. The highest BCUT2D eigenvalue weighted by Crippen LogP contribution is 2.21. The van der Waals surface area contributed by atoms with Crippen LogP contribution in [0.4, 0.5) is 4.39 Å². The number of carbonyl (C=O) groups excluding carboxylic acids is 2. The Morgan fingerprint density at radius 1 is 1.30 bits per heavy atom. The molecule has 7 nitrogen and oxygen atoms in total. The van der Waals surface area contributed by atoms with Gasteiger partial charge in [-0.05, 0) is 23.6 Å². The van der Waals surface area contributed by atoms with Gasteiger partial charge in [-0.25, -0.2) is 14.1 Å². The van der Waals surface area contributed by atoms with Crippen LogP contribution in [0.5, 0.6) is 0 Å². The predicted octanol–water partition coefficient (Wildman–Crippen LogP) is 1.70. The van der Waals surface area contributed by atoms with Crippen molar-refractivity contribution in [1.29, 1.82) is 0 Å². The largest absolute Gasteiger partial charge is 0.338 e. The van der Waals surface area contributed by atoms with Crippen LogP contribution in [0.2, 0.25) is 0 Å². The van der Waals surface area contributed by atoms with Crippen molar-refractivity contribution in [3.63, 3.8) is 0 Å². The summed E-state index contributed by atoms with van der Waals surface area (Å²) in [6.45, 7) is 5.46. The molecule has 0 spiro atoms. The highest BCUT2D eigenvalue weighted by Gasteiger charge is 2.33. The molecule has 0 saturated carbocycles. The molecule has 0 aliphatic carbocycles. The Labute approximate surface area is 157 Å². The Hall–Kier alpha value is -2.77. The number of nitrogens with zero attached hydrogens (tertiary/aromatic N) is 5. The summed E-state index contributed by atoms with van der Waals surface area (Å²) in [7, 11) is 0. The first-order valence-electron chi connectivity index (χ1n) is 9.08. The number of amides is 2. The Morgan fingerprint density at radius 3 is 2.67 bits per heavy atom. The fraction of sp³-hybridized carbons (Fsp3) is 0.474. The molecule has 2 amide bonds. The molecule has 0 bridgehead atoms. The number of benzene rings is 1. The zero-order valence-electron chi connectivity index (χ0n) is 15.6. The molecule has 144 valence electrons. The van der Waals surface area contributed by atoms with E-state index in [-0.39, 0.29) is 42.6 Å². The molecule has 1 atom stereocenters. The smallest absolute Gasteiger partial charge is 0.244 e. The first-order chi connectivity index (χ1) is 12.9. The lowest BCUT2D eigenvalue weighted by atomic mass is 10.0. The van der Waals surface area contributed by atoms with Gasteiger partial charge in [-0.3, -0.25) is 9.59 Å². The molecule has 2 heterocycles. The second kappa shape index (κ2) is 8.28. The normalized spacial score (nSPS) is 18.1. The molecule has 2 aromatic rings. The van der Waals surface area contributed by atoms with Crippen molar-refractivity contribution in [3.8, 4) is 0 Å². The van der Waals surface area contributed by atoms with Gasteiger partial charge in [0.1, 0.15) is 25.0 Å². The molecule has 1 aliphatic rings. The molecule has 1 saturated heterocycles. The topological polar surface area (TPSA) is 71.3 Å². The maximum atomic E-state index is 13.2. The molecular formula is C19H24FN5O2. The van der Waals surface area contributed by atoms with Gasteiger partial charge in [-0.2, -0.15) is 5.10 Å². The lowest BCUT2D eigenvalue weighted by Gasteiger charge is -2.34. The number of halogens is 1. The van der Waals surface area contributed by atoms with E-state index in [4.69, 9.17) is 0 Å². The summed E-state index contributed by atoms with van der Waals surface area (Å²) >= 11 is 0. The summed E-state index contributed by atoms with van der Waals surface area (Å²) < 4.78 is 14.7. The van der Waals surface area contributed by atoms with Crippen LogP contribution in [-0.2, 0) is 22.7 Å². The molecule has 1 fully saturated rings. The summed E-state index contributed by atoms with van der Waals surface area (Å²) in [4.78, 5) is 32.8. The van der Waals surface area contributed by atoms with E-state index in [1.807, 2.05) is 18.7 Å². The standard InChI is InChI=1S/C19H24FN5O2/c1-14(2)17-10-23(19(27)11-24-13-21-12-22-24)8-7-18(26)25(17)9-15-3-5-16(20)6-4-15/h3-6,12-14,17H,7-11H2,1-2H3/t17-/m0/s1. The summed E-state index contributed by atoms with van der Waals surface area (Å²) in [6, 6.07) is 6.08. The number of aromatic nitrogens is 3. The lowest BCUT2D eigenvalue weighted by molar-refractivity contribution is -0.134. The second-order valence-corrected chi connectivity index (χ2v) is 7.14. The van der Waals surface area contributed by atoms with E-state index in [0.717, 1.165) is 5.56 Å². The summed E-state index contributed by atoms with van der Waals surface area (Å²) in [5.74, 6) is -0.197. The van der Waals surface area contributed by atoms with Crippen molar-refractivity contribution in [2.45, 2.75) is 39.4 Å². The quantitative estimate of drug-likeness (QED) is 0.800. The van der Waals surface area contributed by atoms with Crippen molar-refractivity contribution >= 4 is 11.8 Å². The highest BCUT2D eigenvalue weighted by atomic mass is 19.1. The molecular weight excluding hydrogens is 349 g/mol. The van der Waals surface area contributed by atoms with Gasteiger partial charge in [-0.15, -0.1) is 0 Å². The molecule has 0 radical (unpaired) electrons. The molecule has 27 heavy (non-hydrogen) atoms. The van der Waals surface area contributed by atoms with Crippen LogP contribution in [0, 0.1) is 11.7 Å². The second-order valence-electron chi connectivity index (χ2n) is 7.14. The summed E-state index contributed by atoms with van der Waals surface area (Å²) in [5, 5.41) is 3.97. The van der Waals surface area contributed by atoms with E-state index in [0.29, 0.717) is 19.6 Å². The van der Waals surface area contributed by atoms with E-state index in [2.05, 4.69) is 10.1 Å². The van der Waals surface area contributed by atoms with E-state index >= 15 is 0 Å². The van der Waals surface area contributed by atoms with Gasteiger partial charge in [-0.1, -0.05) is 26.0 Å². The average molecular weight is 373 g/mol. The van der Waals surface area contributed by atoms with Gasteiger partial charge in [0, 0.05) is 26.1 Å². The number of carbonyl (C=O) groups is 2. The molecule has 3 rings (SSSR count). The number of hydrogen-bond acceptors (Lipinski definition) is 4. The van der Waals surface area contributed by atoms with Gasteiger partial charge >= 0.3 is 0 Å². The summed E-state index contributed by atoms with van der Waals surface area (Å²) in [5.41, 5.74) is 0.873. The molecule has 8 heteroatoms. The first kappa shape index (κ1) is 19.0. The van der Waals surface area contributed by atoms with Gasteiger partial charge < -0.3 is 9.80 Å². The van der Waals surface area contributed by atoms with Crippen molar-refractivity contribution in [2.24, 2.45) is 5.92 Å². The van der Waals surface area contributed by atoms with Crippen LogP contribution in [0.1, 0.15) is 25.8 Å². The van der Waals surface area contributed by atoms with E-state index in [9.17, 15) is 14.0 Å². The fourth-order valence-electron chi connectivity index (χ4n) is 3.32. The molecule has 1 aromatic carbocycles. The number of rotatable bonds is 5. The van der Waals surface area contributed by atoms with Crippen molar-refractivity contribution in [3.05, 3.63) is 48.3 Å². The average Bonchev–Trinajstić information content (AvgIpc) is 3.08. The van der Waals surface area contributed by atoms with E-state index < -0.39 is 0 Å². The Bertz CT molecular complexity index is 776. The van der Waals surface area contributed by atoms with Gasteiger partial charge in [0.25, 0.3) is 0 Å². The highest BCUT2D eigenvalue weighted by molar-refractivity contribution is 5.80. The minimum absolute atomic E-state index is 0.00841. The third kappa shape index (κ3) is 4.69. The lowest BCUT2D eigenvalue weighted by Crippen LogP contribution is -2.47. The van der Waals surface area contributed by atoms with Crippen molar-refractivity contribution in [2.75, 3.05) is 13.1 Å². The first-order valence-corrected chi connectivity index (χ1v) is 9.08. The van der Waals surface area contributed by atoms with Crippen molar-refractivity contribution in [1.82, 2.24) is 24.6 Å². The van der Waals surface area contributed by atoms with Crippen LogP contribution < -0.4 is 0 Å².